The summed E-state index contributed by atoms with van der Waals surface area (Å²) >= 11 is 0. The Morgan fingerprint density at radius 3 is 2.58 bits per heavy atom. The number of aryl methyl sites for hydroxylation is 1. The Morgan fingerprint density at radius 2 is 2.00 bits per heavy atom. The topological polar surface area (TPSA) is 38.3 Å². The summed E-state index contributed by atoms with van der Waals surface area (Å²) in [5.74, 6) is 1.85. The van der Waals surface area contributed by atoms with Gasteiger partial charge in [0.05, 0.1) is 7.11 Å². The SMILES string of the molecule is CNC(c1cc(C)ccc1OC)C1CCC(=O)CC1. The Labute approximate surface area is 115 Å². The van der Waals surface area contributed by atoms with E-state index in [4.69, 9.17) is 4.74 Å². The number of carbonyl (C=O) groups is 1. The van der Waals surface area contributed by atoms with Crippen LogP contribution >= 0.6 is 0 Å². The van der Waals surface area contributed by atoms with E-state index >= 15 is 0 Å². The fourth-order valence-corrected chi connectivity index (χ4v) is 3.04. The van der Waals surface area contributed by atoms with Gasteiger partial charge in [0.25, 0.3) is 0 Å². The van der Waals surface area contributed by atoms with Crippen LogP contribution in [0, 0.1) is 12.8 Å². The van der Waals surface area contributed by atoms with Crippen molar-refractivity contribution in [2.75, 3.05) is 14.2 Å². The molecule has 0 bridgehead atoms. The highest BCUT2D eigenvalue weighted by molar-refractivity contribution is 5.79. The van der Waals surface area contributed by atoms with Gasteiger partial charge >= 0.3 is 0 Å². The maximum atomic E-state index is 11.4. The third-order valence-corrected chi connectivity index (χ3v) is 4.09. The molecule has 0 radical (unpaired) electrons. The van der Waals surface area contributed by atoms with Crippen LogP contribution in [-0.4, -0.2) is 19.9 Å². The molecule has 1 unspecified atom stereocenters. The molecule has 1 saturated carbocycles. The Balaban J connectivity index is 2.26. The first-order valence-corrected chi connectivity index (χ1v) is 6.99. The van der Waals surface area contributed by atoms with Crippen LogP contribution < -0.4 is 10.1 Å². The highest BCUT2D eigenvalue weighted by Crippen LogP contribution is 2.37. The van der Waals surface area contributed by atoms with Gasteiger partial charge in [-0.15, -0.1) is 0 Å². The van der Waals surface area contributed by atoms with Gasteiger partial charge in [0.15, 0.2) is 0 Å². The standard InChI is InChI=1S/C16H23NO2/c1-11-4-9-15(19-3)14(10-11)16(17-2)12-5-7-13(18)8-6-12/h4,9-10,12,16-17H,5-8H2,1-3H3. The molecule has 1 aromatic carbocycles. The van der Waals surface area contributed by atoms with E-state index in [-0.39, 0.29) is 6.04 Å². The molecule has 0 aromatic heterocycles. The van der Waals surface area contributed by atoms with E-state index in [0.717, 1.165) is 31.4 Å². The van der Waals surface area contributed by atoms with Crippen LogP contribution in [0.1, 0.15) is 42.9 Å². The van der Waals surface area contributed by atoms with Crippen LogP contribution in [0.4, 0.5) is 0 Å². The van der Waals surface area contributed by atoms with Gasteiger partial charge < -0.3 is 10.1 Å². The largest absolute Gasteiger partial charge is 0.496 e. The number of hydrogen-bond donors (Lipinski definition) is 1. The van der Waals surface area contributed by atoms with E-state index in [1.807, 2.05) is 13.1 Å². The molecular formula is C16H23NO2. The second kappa shape index (κ2) is 6.20. The second-order valence-corrected chi connectivity index (χ2v) is 5.39. The Bertz CT molecular complexity index is 446. The van der Waals surface area contributed by atoms with Crippen molar-refractivity contribution in [1.82, 2.24) is 5.32 Å². The molecule has 0 heterocycles. The van der Waals surface area contributed by atoms with Crippen molar-refractivity contribution in [3.8, 4) is 5.75 Å². The molecule has 19 heavy (non-hydrogen) atoms. The minimum Gasteiger partial charge on any atom is -0.496 e. The summed E-state index contributed by atoms with van der Waals surface area (Å²) in [5, 5.41) is 3.41. The third-order valence-electron chi connectivity index (χ3n) is 4.09. The predicted octanol–water partition coefficient (Wildman–Crippen LogP) is 3.02. The number of ketones is 1. The molecule has 1 aliphatic rings. The van der Waals surface area contributed by atoms with Crippen molar-refractivity contribution in [2.24, 2.45) is 5.92 Å². The number of Topliss-reactive ketones (excluding diaryl/α,β-unsaturated/α-hetero) is 1. The summed E-state index contributed by atoms with van der Waals surface area (Å²) in [7, 11) is 3.70. The average molecular weight is 261 g/mol. The van der Waals surface area contributed by atoms with Gasteiger partial charge in [0.2, 0.25) is 0 Å². The fourth-order valence-electron chi connectivity index (χ4n) is 3.04. The first kappa shape index (κ1) is 14.1. The monoisotopic (exact) mass is 261 g/mol. The quantitative estimate of drug-likeness (QED) is 0.905. The van der Waals surface area contributed by atoms with E-state index in [1.165, 1.54) is 11.1 Å². The maximum absolute atomic E-state index is 11.4. The lowest BCUT2D eigenvalue weighted by molar-refractivity contribution is -0.121. The van der Waals surface area contributed by atoms with Crippen LogP contribution in [0.3, 0.4) is 0 Å². The van der Waals surface area contributed by atoms with Crippen LogP contribution in [0.5, 0.6) is 5.75 Å². The number of methoxy groups -OCH3 is 1. The second-order valence-electron chi connectivity index (χ2n) is 5.39. The van der Waals surface area contributed by atoms with E-state index in [1.54, 1.807) is 7.11 Å². The normalized spacial score (nSPS) is 18.4. The van der Waals surface area contributed by atoms with Gasteiger partial charge in [-0.3, -0.25) is 4.79 Å². The van der Waals surface area contributed by atoms with Crippen LogP contribution in [0.2, 0.25) is 0 Å². The summed E-state index contributed by atoms with van der Waals surface area (Å²) < 4.78 is 5.49. The zero-order valence-electron chi connectivity index (χ0n) is 12.0. The van der Waals surface area contributed by atoms with Crippen molar-refractivity contribution in [1.29, 1.82) is 0 Å². The molecule has 0 aliphatic heterocycles. The van der Waals surface area contributed by atoms with Gasteiger partial charge in [-0.05, 0) is 38.8 Å². The summed E-state index contributed by atoms with van der Waals surface area (Å²) in [5.41, 5.74) is 2.45. The lowest BCUT2D eigenvalue weighted by Gasteiger charge is -2.31. The molecule has 104 valence electrons. The third kappa shape index (κ3) is 3.16. The Hall–Kier alpha value is -1.35. The average Bonchev–Trinajstić information content (AvgIpc) is 2.42. The molecular weight excluding hydrogens is 238 g/mol. The highest BCUT2D eigenvalue weighted by atomic mass is 16.5. The minimum absolute atomic E-state index is 0.267. The van der Waals surface area contributed by atoms with E-state index in [9.17, 15) is 4.79 Å². The van der Waals surface area contributed by atoms with Crippen molar-refractivity contribution in [3.63, 3.8) is 0 Å². The number of nitrogens with one attached hydrogen (secondary N) is 1. The smallest absolute Gasteiger partial charge is 0.132 e. The van der Waals surface area contributed by atoms with E-state index in [0.29, 0.717) is 11.7 Å². The fraction of sp³-hybridized carbons (Fsp3) is 0.562. The first-order valence-electron chi connectivity index (χ1n) is 6.99. The summed E-state index contributed by atoms with van der Waals surface area (Å²) in [4.78, 5) is 11.4. The molecule has 1 fully saturated rings. The zero-order chi connectivity index (χ0) is 13.8. The summed E-state index contributed by atoms with van der Waals surface area (Å²) in [6.45, 7) is 2.10. The number of carbonyl (C=O) groups excluding carboxylic acids is 1. The van der Waals surface area contributed by atoms with Crippen LogP contribution in [0.15, 0.2) is 18.2 Å². The molecule has 1 aliphatic carbocycles. The Kier molecular flexibility index (Phi) is 4.59. The minimum atomic E-state index is 0.267. The van der Waals surface area contributed by atoms with Crippen molar-refractivity contribution < 1.29 is 9.53 Å². The molecule has 0 saturated heterocycles. The molecule has 1 atom stereocenters. The zero-order valence-corrected chi connectivity index (χ0v) is 12.0. The van der Waals surface area contributed by atoms with Crippen molar-refractivity contribution in [2.45, 2.75) is 38.6 Å². The lowest BCUT2D eigenvalue weighted by atomic mass is 9.80. The molecule has 1 aromatic rings. The molecule has 0 amide bonds. The van der Waals surface area contributed by atoms with Crippen molar-refractivity contribution >= 4 is 5.78 Å². The summed E-state index contributed by atoms with van der Waals surface area (Å²) in [6, 6.07) is 6.56. The lowest BCUT2D eigenvalue weighted by Crippen LogP contribution is -2.29. The molecule has 1 N–H and O–H groups in total. The van der Waals surface area contributed by atoms with Gasteiger partial charge in [-0.1, -0.05) is 17.7 Å². The molecule has 2 rings (SSSR count). The predicted molar refractivity (Wildman–Crippen MR) is 76.5 cm³/mol. The van der Waals surface area contributed by atoms with Gasteiger partial charge in [0.1, 0.15) is 11.5 Å². The molecule has 3 heteroatoms. The number of hydrogen-bond acceptors (Lipinski definition) is 3. The highest BCUT2D eigenvalue weighted by Gasteiger charge is 2.28. The van der Waals surface area contributed by atoms with E-state index < -0.39 is 0 Å². The molecule has 0 spiro atoms. The summed E-state index contributed by atoms with van der Waals surface area (Å²) in [6.07, 6.45) is 3.39. The molecule has 3 nitrogen and oxygen atoms in total. The van der Waals surface area contributed by atoms with Crippen molar-refractivity contribution in [3.05, 3.63) is 29.3 Å². The maximum Gasteiger partial charge on any atom is 0.132 e. The van der Waals surface area contributed by atoms with E-state index in [2.05, 4.69) is 24.4 Å². The first-order chi connectivity index (χ1) is 9.15. The van der Waals surface area contributed by atoms with Crippen LogP contribution in [-0.2, 0) is 4.79 Å². The van der Waals surface area contributed by atoms with Gasteiger partial charge in [0, 0.05) is 24.4 Å². The van der Waals surface area contributed by atoms with Crippen LogP contribution in [0.25, 0.3) is 0 Å². The number of ether oxygens (including phenoxy) is 1. The Morgan fingerprint density at radius 1 is 1.32 bits per heavy atom. The number of rotatable bonds is 4. The number of benzene rings is 1. The van der Waals surface area contributed by atoms with Gasteiger partial charge in [-0.25, -0.2) is 0 Å². The van der Waals surface area contributed by atoms with Gasteiger partial charge in [-0.2, -0.15) is 0 Å².